The van der Waals surface area contributed by atoms with E-state index in [0.717, 1.165) is 44.7 Å². The lowest BCUT2D eigenvalue weighted by atomic mass is 9.64. The van der Waals surface area contributed by atoms with Crippen LogP contribution in [0.2, 0.25) is 0 Å². The highest BCUT2D eigenvalue weighted by atomic mass is 35.5. The van der Waals surface area contributed by atoms with Gasteiger partial charge in [-0.2, -0.15) is 13.2 Å². The number of rotatable bonds is 4. The third kappa shape index (κ3) is 3.86. The van der Waals surface area contributed by atoms with Gasteiger partial charge in [0.1, 0.15) is 0 Å². The molecule has 1 atom stereocenters. The van der Waals surface area contributed by atoms with Gasteiger partial charge in [0.15, 0.2) is 0 Å². The maximum absolute atomic E-state index is 12.9. The zero-order valence-corrected chi connectivity index (χ0v) is 14.1. The first-order valence-electron chi connectivity index (χ1n) is 8.10. The average Bonchev–Trinajstić information content (AvgIpc) is 2.99. The van der Waals surface area contributed by atoms with Gasteiger partial charge in [-0.25, -0.2) is 0 Å². The van der Waals surface area contributed by atoms with Crippen molar-refractivity contribution in [1.29, 1.82) is 0 Å². The number of alkyl halides is 3. The highest BCUT2D eigenvalue weighted by Crippen LogP contribution is 2.44. The smallest absolute Gasteiger partial charge is 0.354 e. The first kappa shape index (κ1) is 19.1. The summed E-state index contributed by atoms with van der Waals surface area (Å²) in [4.78, 5) is 12.1. The molecule has 0 bridgehead atoms. The van der Waals surface area contributed by atoms with Crippen molar-refractivity contribution in [1.82, 2.24) is 10.6 Å². The first-order chi connectivity index (χ1) is 10.9. The van der Waals surface area contributed by atoms with Crippen LogP contribution in [0.3, 0.4) is 0 Å². The zero-order chi connectivity index (χ0) is 16.5. The molecule has 1 saturated heterocycles. The number of carbonyl (C=O) groups is 1. The largest absolute Gasteiger partial charge is 0.416 e. The normalized spacial score (nSPS) is 22.4. The van der Waals surface area contributed by atoms with Crippen LogP contribution in [0.25, 0.3) is 0 Å². The Labute approximate surface area is 145 Å². The lowest BCUT2D eigenvalue weighted by Gasteiger charge is -2.43. The molecule has 2 fully saturated rings. The average molecular weight is 363 g/mol. The highest BCUT2D eigenvalue weighted by molar-refractivity contribution is 5.85. The predicted octanol–water partition coefficient (Wildman–Crippen LogP) is 3.42. The van der Waals surface area contributed by atoms with Crippen LogP contribution >= 0.6 is 12.4 Å². The summed E-state index contributed by atoms with van der Waals surface area (Å²) in [6.45, 7) is 1.25. The lowest BCUT2D eigenvalue weighted by molar-refractivity contribution is -0.137. The van der Waals surface area contributed by atoms with Crippen LogP contribution in [0, 0.1) is 0 Å². The summed E-state index contributed by atoms with van der Waals surface area (Å²) in [5.74, 6) is -0.0410. The Morgan fingerprint density at radius 2 is 2.04 bits per heavy atom. The zero-order valence-electron chi connectivity index (χ0n) is 13.3. The van der Waals surface area contributed by atoms with Crippen molar-refractivity contribution in [3.63, 3.8) is 0 Å². The second-order valence-corrected chi connectivity index (χ2v) is 6.58. The van der Waals surface area contributed by atoms with Gasteiger partial charge in [0.2, 0.25) is 5.91 Å². The van der Waals surface area contributed by atoms with Crippen molar-refractivity contribution in [3.05, 3.63) is 35.4 Å². The molecule has 0 aromatic heterocycles. The van der Waals surface area contributed by atoms with Gasteiger partial charge in [0.05, 0.1) is 11.6 Å². The van der Waals surface area contributed by atoms with Crippen LogP contribution in [0.1, 0.15) is 43.2 Å². The molecule has 1 aliphatic carbocycles. The van der Waals surface area contributed by atoms with Crippen molar-refractivity contribution < 1.29 is 18.0 Å². The topological polar surface area (TPSA) is 41.1 Å². The summed E-state index contributed by atoms with van der Waals surface area (Å²) in [5, 5.41) is 6.08. The van der Waals surface area contributed by atoms with Gasteiger partial charge in [-0.05, 0) is 43.9 Å². The molecule has 0 spiro atoms. The maximum atomic E-state index is 12.9. The summed E-state index contributed by atoms with van der Waals surface area (Å²) in [7, 11) is 0. The molecule has 1 aliphatic heterocycles. The number of amides is 1. The molecule has 24 heavy (non-hydrogen) atoms. The van der Waals surface area contributed by atoms with Crippen molar-refractivity contribution in [2.75, 3.05) is 13.1 Å². The van der Waals surface area contributed by atoms with E-state index >= 15 is 0 Å². The van der Waals surface area contributed by atoms with E-state index in [4.69, 9.17) is 0 Å². The van der Waals surface area contributed by atoms with Crippen LogP contribution in [0.15, 0.2) is 24.3 Å². The van der Waals surface area contributed by atoms with Crippen LogP contribution in [-0.2, 0) is 16.4 Å². The number of halogens is 4. The van der Waals surface area contributed by atoms with Gasteiger partial charge >= 0.3 is 6.18 Å². The molecular weight excluding hydrogens is 341 g/mol. The van der Waals surface area contributed by atoms with Crippen LogP contribution < -0.4 is 10.6 Å². The fourth-order valence-corrected chi connectivity index (χ4v) is 3.48. The molecule has 1 amide bonds. The minimum atomic E-state index is -4.34. The third-order valence-corrected chi connectivity index (χ3v) is 5.09. The standard InChI is InChI=1S/C17H21F3N2O.ClH/c18-17(19,20)13-5-1-4-12(10-13)16(7-3-8-16)11-22-15(23)14-6-2-9-21-14;/h1,4-5,10,14,21H,2-3,6-9,11H2,(H,22,23);1H. The monoisotopic (exact) mass is 362 g/mol. The van der Waals surface area contributed by atoms with E-state index in [-0.39, 0.29) is 29.8 Å². The van der Waals surface area contributed by atoms with Crippen LogP contribution in [-0.4, -0.2) is 25.0 Å². The molecular formula is C17H22ClF3N2O. The Hall–Kier alpha value is -1.27. The number of nitrogens with one attached hydrogen (secondary N) is 2. The molecule has 1 saturated carbocycles. The molecule has 0 radical (unpaired) electrons. The second kappa shape index (κ2) is 7.31. The molecule has 3 nitrogen and oxygen atoms in total. The lowest BCUT2D eigenvalue weighted by Crippen LogP contribution is -2.49. The van der Waals surface area contributed by atoms with Gasteiger partial charge < -0.3 is 10.6 Å². The summed E-state index contributed by atoms with van der Waals surface area (Å²) in [6.07, 6.45) is 0.0738. The molecule has 2 aliphatic rings. The van der Waals surface area contributed by atoms with Gasteiger partial charge in [0.25, 0.3) is 0 Å². The van der Waals surface area contributed by atoms with Gasteiger partial charge in [-0.15, -0.1) is 12.4 Å². The Kier molecular flexibility index (Phi) is 5.81. The quantitative estimate of drug-likeness (QED) is 0.861. The Balaban J connectivity index is 0.00000208. The number of hydrogen-bond acceptors (Lipinski definition) is 2. The van der Waals surface area contributed by atoms with Gasteiger partial charge in [0, 0.05) is 12.0 Å². The van der Waals surface area contributed by atoms with E-state index in [2.05, 4.69) is 10.6 Å². The Bertz CT molecular complexity index is 581. The third-order valence-electron chi connectivity index (χ3n) is 5.09. The molecule has 3 rings (SSSR count). The predicted molar refractivity (Wildman–Crippen MR) is 88.3 cm³/mol. The molecule has 7 heteroatoms. The summed E-state index contributed by atoms with van der Waals surface area (Å²) >= 11 is 0. The van der Waals surface area contributed by atoms with Crippen molar-refractivity contribution >= 4 is 18.3 Å². The van der Waals surface area contributed by atoms with Crippen LogP contribution in [0.5, 0.6) is 0 Å². The number of hydrogen-bond donors (Lipinski definition) is 2. The minimum Gasteiger partial charge on any atom is -0.354 e. The number of carbonyl (C=O) groups excluding carboxylic acids is 1. The molecule has 1 unspecified atom stereocenters. The van der Waals surface area contributed by atoms with E-state index in [1.807, 2.05) is 0 Å². The highest BCUT2D eigenvalue weighted by Gasteiger charge is 2.41. The molecule has 2 N–H and O–H groups in total. The maximum Gasteiger partial charge on any atom is 0.416 e. The van der Waals surface area contributed by atoms with Gasteiger partial charge in [-0.3, -0.25) is 4.79 Å². The molecule has 1 aromatic carbocycles. The van der Waals surface area contributed by atoms with E-state index in [9.17, 15) is 18.0 Å². The fraction of sp³-hybridized carbons (Fsp3) is 0.588. The molecule has 1 aromatic rings. The second-order valence-electron chi connectivity index (χ2n) is 6.58. The number of benzene rings is 1. The van der Waals surface area contributed by atoms with Gasteiger partial charge in [-0.1, -0.05) is 24.6 Å². The minimum absolute atomic E-state index is 0. The Morgan fingerprint density at radius 3 is 2.58 bits per heavy atom. The molecule has 134 valence electrons. The first-order valence-corrected chi connectivity index (χ1v) is 8.10. The molecule has 1 heterocycles. The summed E-state index contributed by atoms with van der Waals surface area (Å²) in [5.41, 5.74) is -0.293. The summed E-state index contributed by atoms with van der Waals surface area (Å²) < 4.78 is 38.8. The fourth-order valence-electron chi connectivity index (χ4n) is 3.48. The van der Waals surface area contributed by atoms with E-state index in [1.165, 1.54) is 12.1 Å². The SMILES string of the molecule is Cl.O=C(NCC1(c2cccc(C(F)(F)F)c2)CCC1)C1CCCN1. The van der Waals surface area contributed by atoms with Crippen molar-refractivity contribution in [2.24, 2.45) is 0 Å². The van der Waals surface area contributed by atoms with Crippen molar-refractivity contribution in [2.45, 2.75) is 49.7 Å². The van der Waals surface area contributed by atoms with E-state index in [0.29, 0.717) is 12.1 Å². The van der Waals surface area contributed by atoms with E-state index in [1.54, 1.807) is 6.07 Å². The Morgan fingerprint density at radius 1 is 1.29 bits per heavy atom. The van der Waals surface area contributed by atoms with Crippen molar-refractivity contribution in [3.8, 4) is 0 Å². The van der Waals surface area contributed by atoms with E-state index < -0.39 is 11.7 Å². The summed E-state index contributed by atoms with van der Waals surface area (Å²) in [6, 6.07) is 5.37. The van der Waals surface area contributed by atoms with Crippen LogP contribution in [0.4, 0.5) is 13.2 Å².